The second kappa shape index (κ2) is 7.52. The van der Waals surface area contributed by atoms with Crippen molar-refractivity contribution in [1.29, 1.82) is 0 Å². The molecular formula is C24H22F5N3O2S. The highest BCUT2D eigenvalue weighted by atomic mass is 32.2. The van der Waals surface area contributed by atoms with Gasteiger partial charge in [-0.2, -0.15) is 18.3 Å². The highest BCUT2D eigenvalue weighted by molar-refractivity contribution is 7.92. The molecule has 0 saturated heterocycles. The minimum atomic E-state index is -4.63. The van der Waals surface area contributed by atoms with E-state index in [1.807, 2.05) is 20.8 Å². The van der Waals surface area contributed by atoms with Gasteiger partial charge in [0.2, 0.25) is 0 Å². The van der Waals surface area contributed by atoms with E-state index in [1.54, 1.807) is 10.9 Å². The van der Waals surface area contributed by atoms with Gasteiger partial charge in [0.1, 0.15) is 0 Å². The molecular weight excluding hydrogens is 489 g/mol. The summed E-state index contributed by atoms with van der Waals surface area (Å²) in [6, 6.07) is 4.13. The van der Waals surface area contributed by atoms with Crippen molar-refractivity contribution in [3.8, 4) is 11.3 Å². The average molecular weight is 512 g/mol. The van der Waals surface area contributed by atoms with E-state index >= 15 is 0 Å². The summed E-state index contributed by atoms with van der Waals surface area (Å²) in [4.78, 5) is -0.376. The lowest BCUT2D eigenvalue weighted by atomic mass is 9.93. The first kappa shape index (κ1) is 23.8. The van der Waals surface area contributed by atoms with Crippen LogP contribution in [-0.2, 0) is 21.7 Å². The summed E-state index contributed by atoms with van der Waals surface area (Å²) in [7, 11) is -4.45. The van der Waals surface area contributed by atoms with Gasteiger partial charge in [-0.3, -0.25) is 8.99 Å². The Labute approximate surface area is 199 Å². The number of benzene rings is 2. The molecule has 2 aliphatic rings. The van der Waals surface area contributed by atoms with Crippen molar-refractivity contribution in [1.82, 2.24) is 9.78 Å². The van der Waals surface area contributed by atoms with E-state index in [-0.39, 0.29) is 22.1 Å². The van der Waals surface area contributed by atoms with Crippen molar-refractivity contribution >= 4 is 15.7 Å². The summed E-state index contributed by atoms with van der Waals surface area (Å²) >= 11 is 0. The van der Waals surface area contributed by atoms with E-state index in [1.165, 1.54) is 0 Å². The molecule has 35 heavy (non-hydrogen) atoms. The molecule has 1 aliphatic carbocycles. The Balaban J connectivity index is 1.74. The maximum absolute atomic E-state index is 14.4. The van der Waals surface area contributed by atoms with Gasteiger partial charge in [-0.25, -0.2) is 17.2 Å². The lowest BCUT2D eigenvalue weighted by Crippen LogP contribution is -2.38. The van der Waals surface area contributed by atoms with Gasteiger partial charge in [0.15, 0.2) is 11.6 Å². The first-order valence-corrected chi connectivity index (χ1v) is 12.4. The van der Waals surface area contributed by atoms with Crippen LogP contribution in [0.5, 0.6) is 0 Å². The zero-order valence-electron chi connectivity index (χ0n) is 19.1. The van der Waals surface area contributed by atoms with Gasteiger partial charge in [0, 0.05) is 23.4 Å². The smallest absolute Gasteiger partial charge is 0.267 e. The highest BCUT2D eigenvalue weighted by Crippen LogP contribution is 2.55. The third-order valence-electron chi connectivity index (χ3n) is 6.34. The molecule has 5 nitrogen and oxygen atoms in total. The van der Waals surface area contributed by atoms with E-state index in [4.69, 9.17) is 0 Å². The minimum Gasteiger partial charge on any atom is -0.267 e. The highest BCUT2D eigenvalue weighted by Gasteiger charge is 2.48. The van der Waals surface area contributed by atoms with Gasteiger partial charge in [0.25, 0.3) is 10.0 Å². The summed E-state index contributed by atoms with van der Waals surface area (Å²) in [5, 5.41) is 4.60. The summed E-state index contributed by atoms with van der Waals surface area (Å²) in [6.45, 7) is 5.71. The van der Waals surface area contributed by atoms with Crippen LogP contribution in [0.1, 0.15) is 50.8 Å². The van der Waals surface area contributed by atoms with Crippen molar-refractivity contribution in [2.45, 2.75) is 56.3 Å². The molecule has 1 atom stereocenters. The van der Waals surface area contributed by atoms with Crippen LogP contribution in [0.25, 0.3) is 11.3 Å². The monoisotopic (exact) mass is 511 g/mol. The molecule has 5 rings (SSSR count). The Morgan fingerprint density at radius 3 is 2.11 bits per heavy atom. The number of aromatic nitrogens is 2. The fourth-order valence-electron chi connectivity index (χ4n) is 4.41. The standard InChI is InChI=1S/C24H22F5N3O2S/c1-23(2,3)31-12-17-21(30-31)16-10-18(25)19(26)11-20(16)32(22(17)13-4-5-13)35(33,34)15-8-6-14(7-9-15)24(27,28)29/h6-13,22H,4-5H2,1-3H3/t22-/m1/s1. The topological polar surface area (TPSA) is 55.2 Å². The van der Waals surface area contributed by atoms with Crippen molar-refractivity contribution < 1.29 is 30.4 Å². The van der Waals surface area contributed by atoms with E-state index < -0.39 is 45.0 Å². The fourth-order valence-corrected chi connectivity index (χ4v) is 6.11. The molecule has 186 valence electrons. The van der Waals surface area contributed by atoms with Gasteiger partial charge in [0.05, 0.1) is 33.4 Å². The SMILES string of the molecule is CC(C)(C)n1cc2c(n1)-c1cc(F)c(F)cc1N(S(=O)(=O)c1ccc(C(F)(F)F)cc1)[C@@H]2C1CC1. The molecule has 1 fully saturated rings. The predicted molar refractivity (Wildman–Crippen MR) is 119 cm³/mol. The second-order valence-electron chi connectivity index (χ2n) is 9.94. The molecule has 0 amide bonds. The second-order valence-corrected chi connectivity index (χ2v) is 11.8. The third-order valence-corrected chi connectivity index (χ3v) is 8.15. The van der Waals surface area contributed by atoms with Crippen molar-refractivity contribution in [3.05, 3.63) is 65.4 Å². The Bertz CT molecular complexity index is 1420. The van der Waals surface area contributed by atoms with Crippen LogP contribution in [0.3, 0.4) is 0 Å². The Hall–Kier alpha value is -2.95. The summed E-state index contributed by atoms with van der Waals surface area (Å²) in [5.74, 6) is -2.49. The number of sulfonamides is 1. The lowest BCUT2D eigenvalue weighted by molar-refractivity contribution is -0.137. The van der Waals surface area contributed by atoms with Crippen LogP contribution >= 0.6 is 0 Å². The third kappa shape index (κ3) is 3.89. The molecule has 0 radical (unpaired) electrons. The molecule has 0 N–H and O–H groups in total. The van der Waals surface area contributed by atoms with E-state index in [2.05, 4.69) is 5.10 Å². The Kier molecular flexibility index (Phi) is 5.11. The normalized spacial score (nSPS) is 18.4. The number of nitrogens with zero attached hydrogens (tertiary/aromatic N) is 3. The lowest BCUT2D eigenvalue weighted by Gasteiger charge is -2.37. The van der Waals surface area contributed by atoms with Crippen LogP contribution in [-0.4, -0.2) is 18.2 Å². The number of hydrogen-bond donors (Lipinski definition) is 0. The number of hydrogen-bond acceptors (Lipinski definition) is 3. The summed E-state index contributed by atoms with van der Waals surface area (Å²) < 4.78 is 98.3. The molecule has 1 aromatic heterocycles. The molecule has 0 unspecified atom stereocenters. The van der Waals surface area contributed by atoms with Gasteiger partial charge >= 0.3 is 6.18 Å². The number of halogens is 5. The molecule has 0 bridgehead atoms. The maximum atomic E-state index is 14.4. The van der Waals surface area contributed by atoms with Crippen LogP contribution in [0.2, 0.25) is 0 Å². The van der Waals surface area contributed by atoms with Gasteiger partial charge in [-0.15, -0.1) is 0 Å². The Morgan fingerprint density at radius 2 is 1.57 bits per heavy atom. The largest absolute Gasteiger partial charge is 0.416 e. The van der Waals surface area contributed by atoms with Crippen LogP contribution in [0.4, 0.5) is 27.6 Å². The van der Waals surface area contributed by atoms with Crippen LogP contribution < -0.4 is 4.31 Å². The molecule has 11 heteroatoms. The summed E-state index contributed by atoms with van der Waals surface area (Å²) in [5.41, 5.74) is -0.528. The van der Waals surface area contributed by atoms with Gasteiger partial charge in [-0.1, -0.05) is 0 Å². The maximum Gasteiger partial charge on any atom is 0.416 e. The number of alkyl halides is 3. The van der Waals surface area contributed by atoms with Gasteiger partial charge < -0.3 is 0 Å². The number of rotatable bonds is 3. The van der Waals surface area contributed by atoms with Gasteiger partial charge in [-0.05, 0) is 69.9 Å². The fraction of sp³-hybridized carbons (Fsp3) is 0.375. The van der Waals surface area contributed by atoms with Crippen molar-refractivity contribution in [2.75, 3.05) is 4.31 Å². The number of fused-ring (bicyclic) bond motifs is 3. The van der Waals surface area contributed by atoms with E-state index in [9.17, 15) is 30.4 Å². The molecule has 1 saturated carbocycles. The molecule has 2 aromatic carbocycles. The van der Waals surface area contributed by atoms with Crippen LogP contribution in [0, 0.1) is 17.6 Å². The molecule has 0 spiro atoms. The van der Waals surface area contributed by atoms with E-state index in [0.717, 1.165) is 28.6 Å². The zero-order valence-corrected chi connectivity index (χ0v) is 19.9. The first-order chi connectivity index (χ1) is 16.2. The molecule has 2 heterocycles. The van der Waals surface area contributed by atoms with Crippen molar-refractivity contribution in [3.63, 3.8) is 0 Å². The number of anilines is 1. The van der Waals surface area contributed by atoms with Crippen molar-refractivity contribution in [2.24, 2.45) is 5.92 Å². The van der Waals surface area contributed by atoms with Crippen LogP contribution in [0.15, 0.2) is 47.5 Å². The van der Waals surface area contributed by atoms with E-state index in [0.29, 0.717) is 36.2 Å². The Morgan fingerprint density at radius 1 is 0.971 bits per heavy atom. The average Bonchev–Trinajstić information content (AvgIpc) is 3.49. The molecule has 1 aliphatic heterocycles. The summed E-state index contributed by atoms with van der Waals surface area (Å²) in [6.07, 6.45) is -1.49. The zero-order chi connectivity index (χ0) is 25.5. The predicted octanol–water partition coefficient (Wildman–Crippen LogP) is 6.26. The quantitative estimate of drug-likeness (QED) is 0.390. The molecule has 3 aromatic rings. The first-order valence-electron chi connectivity index (χ1n) is 11.0. The minimum absolute atomic E-state index is 0.0904.